The molecule has 9 heteroatoms. The van der Waals surface area contributed by atoms with Gasteiger partial charge in [0, 0.05) is 0 Å². The van der Waals surface area contributed by atoms with Crippen LogP contribution in [0.25, 0.3) is 0 Å². The van der Waals surface area contributed by atoms with Crippen molar-refractivity contribution >= 4 is 20.2 Å². The average Bonchev–Trinajstić information content (AvgIpc) is 2.69. The number of unbranched alkanes of at least 4 members (excludes halogenated alkanes) is 13. The van der Waals surface area contributed by atoms with E-state index in [1.54, 1.807) is 0 Å². The number of phenolic OH excluding ortho intramolecular Hbond substituents is 1. The summed E-state index contributed by atoms with van der Waals surface area (Å²) < 4.78 is 61.5. The number of benzene rings is 1. The van der Waals surface area contributed by atoms with Crippen LogP contribution in [0.5, 0.6) is 5.75 Å². The van der Waals surface area contributed by atoms with Crippen molar-refractivity contribution in [2.24, 2.45) is 0 Å². The van der Waals surface area contributed by atoms with Crippen molar-refractivity contribution in [3.63, 3.8) is 0 Å². The Morgan fingerprint density at radius 2 is 1.19 bits per heavy atom. The van der Waals surface area contributed by atoms with Crippen LogP contribution in [0, 0.1) is 0 Å². The Hall–Kier alpha value is -1.16. The van der Waals surface area contributed by atoms with E-state index in [4.69, 9.17) is 4.18 Å². The number of phenols is 1. The number of rotatable bonds is 18. The van der Waals surface area contributed by atoms with E-state index in [0.29, 0.717) is 6.42 Å². The minimum absolute atomic E-state index is 0.111. The zero-order valence-electron chi connectivity index (χ0n) is 18.6. The third kappa shape index (κ3) is 11.3. The molecule has 0 spiro atoms. The highest BCUT2D eigenvalue weighted by Crippen LogP contribution is 2.31. The Labute approximate surface area is 188 Å². The average molecular weight is 479 g/mol. The predicted molar refractivity (Wildman–Crippen MR) is 121 cm³/mol. The van der Waals surface area contributed by atoms with E-state index in [0.717, 1.165) is 37.5 Å². The van der Waals surface area contributed by atoms with Gasteiger partial charge in [0.1, 0.15) is 10.6 Å². The molecule has 0 heterocycles. The fraction of sp³-hybridized carbons (Fsp3) is 0.727. The van der Waals surface area contributed by atoms with Crippen LogP contribution in [0.1, 0.15) is 96.8 Å². The van der Waals surface area contributed by atoms with Crippen LogP contribution in [-0.2, 0) is 24.4 Å². The van der Waals surface area contributed by atoms with Gasteiger partial charge in [-0.1, -0.05) is 96.5 Å². The highest BCUT2D eigenvalue weighted by molar-refractivity contribution is 7.89. The van der Waals surface area contributed by atoms with Gasteiger partial charge in [-0.2, -0.15) is 16.8 Å². The summed E-state index contributed by atoms with van der Waals surface area (Å²) in [6.45, 7) is 2.12. The monoisotopic (exact) mass is 478 g/mol. The van der Waals surface area contributed by atoms with Crippen molar-refractivity contribution in [2.75, 3.05) is 6.61 Å². The van der Waals surface area contributed by atoms with Crippen LogP contribution in [0.15, 0.2) is 28.0 Å². The molecule has 1 aromatic carbocycles. The van der Waals surface area contributed by atoms with Gasteiger partial charge >= 0.3 is 10.1 Å². The van der Waals surface area contributed by atoms with Crippen molar-refractivity contribution < 1.29 is 30.7 Å². The summed E-state index contributed by atoms with van der Waals surface area (Å²) >= 11 is 0. The summed E-state index contributed by atoms with van der Waals surface area (Å²) in [6.07, 6.45) is 16.4. The molecule has 0 aliphatic carbocycles. The van der Waals surface area contributed by atoms with Crippen molar-refractivity contribution in [3.8, 4) is 5.75 Å². The third-order valence-corrected chi connectivity index (χ3v) is 7.65. The van der Waals surface area contributed by atoms with Crippen LogP contribution >= 0.6 is 0 Å². The Morgan fingerprint density at radius 1 is 0.742 bits per heavy atom. The Bertz CT molecular complexity index is 833. The first-order chi connectivity index (χ1) is 14.7. The molecule has 2 N–H and O–H groups in total. The largest absolute Gasteiger partial charge is 0.506 e. The summed E-state index contributed by atoms with van der Waals surface area (Å²) in [5.41, 5.74) is 0. The maximum Gasteiger partial charge on any atom is 0.302 e. The van der Waals surface area contributed by atoms with Gasteiger partial charge in [-0.3, -0.25) is 8.74 Å². The van der Waals surface area contributed by atoms with E-state index in [-0.39, 0.29) is 6.61 Å². The third-order valence-electron chi connectivity index (χ3n) is 5.22. The van der Waals surface area contributed by atoms with Gasteiger partial charge in [0.15, 0.2) is 4.90 Å². The maximum atomic E-state index is 12.3. The summed E-state index contributed by atoms with van der Waals surface area (Å²) in [6, 6.07) is 3.06. The van der Waals surface area contributed by atoms with Gasteiger partial charge in [0.2, 0.25) is 0 Å². The topological polar surface area (TPSA) is 118 Å². The lowest BCUT2D eigenvalue weighted by Gasteiger charge is -2.10. The van der Waals surface area contributed by atoms with E-state index in [2.05, 4.69) is 6.92 Å². The Morgan fingerprint density at radius 3 is 1.65 bits per heavy atom. The van der Waals surface area contributed by atoms with Crippen molar-refractivity contribution in [3.05, 3.63) is 18.2 Å². The van der Waals surface area contributed by atoms with Crippen molar-refractivity contribution in [1.82, 2.24) is 0 Å². The van der Waals surface area contributed by atoms with Crippen LogP contribution in [0.4, 0.5) is 0 Å². The van der Waals surface area contributed by atoms with E-state index in [9.17, 15) is 26.5 Å². The molecule has 31 heavy (non-hydrogen) atoms. The predicted octanol–water partition coefficient (Wildman–Crippen LogP) is 5.83. The second-order valence-corrected chi connectivity index (χ2v) is 10.9. The lowest BCUT2D eigenvalue weighted by Crippen LogP contribution is -2.13. The minimum Gasteiger partial charge on any atom is -0.506 e. The first-order valence-electron chi connectivity index (χ1n) is 11.4. The fourth-order valence-corrected chi connectivity index (χ4v) is 5.79. The van der Waals surface area contributed by atoms with Crippen LogP contribution in [0.3, 0.4) is 0 Å². The smallest absolute Gasteiger partial charge is 0.302 e. The van der Waals surface area contributed by atoms with E-state index in [1.165, 1.54) is 64.2 Å². The molecular formula is C22H38O7S2. The highest BCUT2D eigenvalue weighted by Gasteiger charge is 2.29. The molecular weight excluding hydrogens is 440 g/mol. The zero-order chi connectivity index (χ0) is 23.2. The SMILES string of the molecule is CCCCCCCCCCCCCCCCOS(=O)(=O)c1c(O)cccc1S(=O)(=O)O. The normalized spacial score (nSPS) is 12.3. The second kappa shape index (κ2) is 14.8. The van der Waals surface area contributed by atoms with Crippen LogP contribution in [0.2, 0.25) is 0 Å². The fourth-order valence-electron chi connectivity index (χ4n) is 3.48. The van der Waals surface area contributed by atoms with Gasteiger partial charge in [0.05, 0.1) is 6.61 Å². The van der Waals surface area contributed by atoms with Gasteiger partial charge in [0.25, 0.3) is 10.1 Å². The first-order valence-corrected chi connectivity index (χ1v) is 14.2. The number of hydrogen-bond acceptors (Lipinski definition) is 6. The molecule has 0 fully saturated rings. The summed E-state index contributed by atoms with van der Waals surface area (Å²) in [7, 11) is -9.33. The van der Waals surface area contributed by atoms with Gasteiger partial charge in [-0.15, -0.1) is 0 Å². The van der Waals surface area contributed by atoms with Gasteiger partial charge in [-0.05, 0) is 18.6 Å². The molecule has 1 aromatic rings. The molecule has 0 aliphatic heterocycles. The molecule has 0 aromatic heterocycles. The molecule has 0 amide bonds. The van der Waals surface area contributed by atoms with Crippen LogP contribution in [-0.4, -0.2) is 33.1 Å². The second-order valence-electron chi connectivity index (χ2n) is 7.95. The van der Waals surface area contributed by atoms with Crippen molar-refractivity contribution in [1.29, 1.82) is 0 Å². The molecule has 0 aliphatic rings. The lowest BCUT2D eigenvalue weighted by atomic mass is 10.0. The quantitative estimate of drug-likeness (QED) is 0.155. The van der Waals surface area contributed by atoms with E-state index in [1.807, 2.05) is 0 Å². The molecule has 0 bridgehead atoms. The molecule has 0 unspecified atom stereocenters. The number of aromatic hydroxyl groups is 1. The summed E-state index contributed by atoms with van der Waals surface area (Å²) in [4.78, 5) is -1.82. The molecule has 180 valence electrons. The van der Waals surface area contributed by atoms with E-state index >= 15 is 0 Å². The van der Waals surface area contributed by atoms with Crippen LogP contribution < -0.4 is 0 Å². The van der Waals surface area contributed by atoms with Gasteiger partial charge < -0.3 is 5.11 Å². The molecule has 0 radical (unpaired) electrons. The number of hydrogen-bond donors (Lipinski definition) is 2. The minimum atomic E-state index is -4.82. The van der Waals surface area contributed by atoms with Crippen molar-refractivity contribution in [2.45, 2.75) is 107 Å². The molecule has 0 saturated carbocycles. The van der Waals surface area contributed by atoms with E-state index < -0.39 is 35.8 Å². The lowest BCUT2D eigenvalue weighted by molar-refractivity contribution is 0.302. The first kappa shape index (κ1) is 27.9. The summed E-state index contributed by atoms with van der Waals surface area (Å²) in [5, 5.41) is 9.78. The Kier molecular flexibility index (Phi) is 13.3. The molecule has 1 rings (SSSR count). The molecule has 0 atom stereocenters. The summed E-state index contributed by atoms with van der Waals surface area (Å²) in [5.74, 6) is -0.781. The highest BCUT2D eigenvalue weighted by atomic mass is 32.2. The standard InChI is InChI=1S/C22H38O7S2/c1-2-3-4-5-6-7-8-9-10-11-12-13-14-15-19-29-31(27,28)22-20(23)17-16-18-21(22)30(24,25)26/h16-18,23H,2-15,19H2,1H3,(H,24,25,26). The Balaban J connectivity index is 2.19. The van der Waals surface area contributed by atoms with Gasteiger partial charge in [-0.25, -0.2) is 0 Å². The molecule has 7 nitrogen and oxygen atoms in total. The maximum absolute atomic E-state index is 12.3. The zero-order valence-corrected chi connectivity index (χ0v) is 20.2. The molecule has 0 saturated heterocycles.